The monoisotopic (exact) mass is 407 g/mol. The number of carbonyl (C=O) groups is 2. The fraction of sp³-hybridized carbons (Fsp3) is 0.222. The second kappa shape index (κ2) is 8.53. The minimum absolute atomic E-state index is 0.161. The Morgan fingerprint density at radius 1 is 1.04 bits per heavy atom. The third-order valence-corrected chi connectivity index (χ3v) is 3.95. The van der Waals surface area contributed by atoms with Gasteiger partial charge in [-0.1, -0.05) is 28.1 Å². The van der Waals surface area contributed by atoms with Gasteiger partial charge in [0, 0.05) is 16.6 Å². The molecule has 132 valence electrons. The number of hydrogen-bond acceptors (Lipinski definition) is 5. The second-order valence-corrected chi connectivity index (χ2v) is 6.01. The number of methoxy groups -OCH3 is 3. The predicted octanol–water partition coefficient (Wildman–Crippen LogP) is 3.43. The lowest BCUT2D eigenvalue weighted by Gasteiger charge is -2.14. The number of amides is 1. The van der Waals surface area contributed by atoms with Gasteiger partial charge in [0.25, 0.3) is 0 Å². The molecule has 0 atom stereocenters. The maximum atomic E-state index is 12.4. The van der Waals surface area contributed by atoms with Gasteiger partial charge in [-0.15, -0.1) is 0 Å². The number of esters is 1. The SMILES string of the molecule is COC(=O)c1cc(OC)c(OC)cc1NC(=O)Cc1cccc(Br)c1. The molecule has 7 heteroatoms. The lowest BCUT2D eigenvalue weighted by Crippen LogP contribution is -2.17. The average molecular weight is 408 g/mol. The highest BCUT2D eigenvalue weighted by Gasteiger charge is 2.19. The van der Waals surface area contributed by atoms with E-state index < -0.39 is 5.97 Å². The summed E-state index contributed by atoms with van der Waals surface area (Å²) in [6.07, 6.45) is 0.161. The first-order valence-corrected chi connectivity index (χ1v) is 8.16. The van der Waals surface area contributed by atoms with Crippen LogP contribution in [0, 0.1) is 0 Å². The quantitative estimate of drug-likeness (QED) is 0.742. The molecule has 1 amide bonds. The Bertz CT molecular complexity index is 791. The van der Waals surface area contributed by atoms with Gasteiger partial charge in [0.1, 0.15) is 0 Å². The van der Waals surface area contributed by atoms with Crippen LogP contribution in [0.2, 0.25) is 0 Å². The minimum atomic E-state index is -0.585. The lowest BCUT2D eigenvalue weighted by atomic mass is 10.1. The summed E-state index contributed by atoms with van der Waals surface area (Å²) in [4.78, 5) is 24.4. The summed E-state index contributed by atoms with van der Waals surface area (Å²) in [6.45, 7) is 0. The van der Waals surface area contributed by atoms with Gasteiger partial charge in [0.15, 0.2) is 11.5 Å². The number of rotatable bonds is 6. The van der Waals surface area contributed by atoms with Crippen molar-refractivity contribution in [2.24, 2.45) is 0 Å². The molecule has 1 N–H and O–H groups in total. The Hall–Kier alpha value is -2.54. The summed E-state index contributed by atoms with van der Waals surface area (Å²) in [5.74, 6) is -0.0880. The predicted molar refractivity (Wildman–Crippen MR) is 97.4 cm³/mol. The summed E-state index contributed by atoms with van der Waals surface area (Å²) in [5, 5.41) is 2.73. The fourth-order valence-electron chi connectivity index (χ4n) is 2.29. The Morgan fingerprint density at radius 3 is 2.32 bits per heavy atom. The van der Waals surface area contributed by atoms with E-state index in [4.69, 9.17) is 14.2 Å². The molecule has 0 bridgehead atoms. The number of benzene rings is 2. The van der Waals surface area contributed by atoms with E-state index in [-0.39, 0.29) is 17.9 Å². The van der Waals surface area contributed by atoms with Crippen LogP contribution in [-0.4, -0.2) is 33.2 Å². The Balaban J connectivity index is 2.30. The van der Waals surface area contributed by atoms with Crippen LogP contribution in [0.4, 0.5) is 5.69 Å². The zero-order chi connectivity index (χ0) is 18.4. The van der Waals surface area contributed by atoms with Crippen molar-refractivity contribution in [2.45, 2.75) is 6.42 Å². The number of halogens is 1. The number of carbonyl (C=O) groups excluding carboxylic acids is 2. The first kappa shape index (κ1) is 18.8. The number of ether oxygens (including phenoxy) is 3. The van der Waals surface area contributed by atoms with Crippen molar-refractivity contribution in [1.82, 2.24) is 0 Å². The van der Waals surface area contributed by atoms with Crippen LogP contribution in [0.15, 0.2) is 40.9 Å². The van der Waals surface area contributed by atoms with E-state index >= 15 is 0 Å². The molecule has 0 unspecified atom stereocenters. The van der Waals surface area contributed by atoms with E-state index in [9.17, 15) is 9.59 Å². The van der Waals surface area contributed by atoms with Crippen LogP contribution in [0.3, 0.4) is 0 Å². The van der Waals surface area contributed by atoms with Crippen molar-refractivity contribution in [2.75, 3.05) is 26.6 Å². The van der Waals surface area contributed by atoms with Crippen LogP contribution >= 0.6 is 15.9 Å². The molecule has 0 heterocycles. The van der Waals surface area contributed by atoms with Gasteiger partial charge >= 0.3 is 5.97 Å². The number of nitrogens with one attached hydrogen (secondary N) is 1. The standard InChI is InChI=1S/C18H18BrNO5/c1-23-15-9-13(18(22)25-3)14(10-16(15)24-2)20-17(21)8-11-5-4-6-12(19)7-11/h4-7,9-10H,8H2,1-3H3,(H,20,21). The molecule has 6 nitrogen and oxygen atoms in total. The first-order valence-electron chi connectivity index (χ1n) is 7.37. The minimum Gasteiger partial charge on any atom is -0.493 e. The van der Waals surface area contributed by atoms with Crippen molar-refractivity contribution < 1.29 is 23.8 Å². The van der Waals surface area contributed by atoms with E-state index in [0.717, 1.165) is 10.0 Å². The van der Waals surface area contributed by atoms with Crippen LogP contribution in [0.25, 0.3) is 0 Å². The van der Waals surface area contributed by atoms with Crippen molar-refractivity contribution in [1.29, 1.82) is 0 Å². The van der Waals surface area contributed by atoms with Gasteiger partial charge in [-0.05, 0) is 17.7 Å². The molecule has 0 aromatic heterocycles. The van der Waals surface area contributed by atoms with Crippen LogP contribution in [-0.2, 0) is 16.0 Å². The molecule has 25 heavy (non-hydrogen) atoms. The topological polar surface area (TPSA) is 73.9 Å². The summed E-state index contributed by atoms with van der Waals surface area (Å²) < 4.78 is 16.1. The smallest absolute Gasteiger partial charge is 0.340 e. The van der Waals surface area contributed by atoms with Crippen LogP contribution in [0.5, 0.6) is 11.5 Å². The lowest BCUT2D eigenvalue weighted by molar-refractivity contribution is -0.115. The third-order valence-electron chi connectivity index (χ3n) is 3.46. The Morgan fingerprint density at radius 2 is 1.72 bits per heavy atom. The molecular formula is C18H18BrNO5. The fourth-order valence-corrected chi connectivity index (χ4v) is 2.73. The summed E-state index contributed by atoms with van der Waals surface area (Å²) in [7, 11) is 4.21. The second-order valence-electron chi connectivity index (χ2n) is 5.10. The van der Waals surface area contributed by atoms with Gasteiger partial charge in [-0.25, -0.2) is 4.79 Å². The molecule has 0 fully saturated rings. The first-order chi connectivity index (χ1) is 12.0. The van der Waals surface area contributed by atoms with Gasteiger partial charge in [0.05, 0.1) is 39.0 Å². The van der Waals surface area contributed by atoms with Crippen molar-refractivity contribution in [3.8, 4) is 11.5 Å². The van der Waals surface area contributed by atoms with Crippen LogP contribution in [0.1, 0.15) is 15.9 Å². The summed E-state index contributed by atoms with van der Waals surface area (Å²) in [6, 6.07) is 10.4. The molecule has 2 aromatic rings. The van der Waals surface area contributed by atoms with Crippen LogP contribution < -0.4 is 14.8 Å². The summed E-state index contributed by atoms with van der Waals surface area (Å²) >= 11 is 3.37. The zero-order valence-electron chi connectivity index (χ0n) is 14.1. The summed E-state index contributed by atoms with van der Waals surface area (Å²) in [5.41, 5.74) is 1.32. The molecule has 0 radical (unpaired) electrons. The highest BCUT2D eigenvalue weighted by atomic mass is 79.9. The average Bonchev–Trinajstić information content (AvgIpc) is 2.60. The number of hydrogen-bond donors (Lipinski definition) is 1. The molecule has 0 aliphatic rings. The van der Waals surface area contributed by atoms with Crippen molar-refractivity contribution in [3.63, 3.8) is 0 Å². The molecular weight excluding hydrogens is 390 g/mol. The van der Waals surface area contributed by atoms with Gasteiger partial charge in [-0.3, -0.25) is 4.79 Å². The van der Waals surface area contributed by atoms with E-state index in [1.165, 1.54) is 33.5 Å². The Labute approximate surface area is 154 Å². The number of anilines is 1. The molecule has 0 saturated carbocycles. The molecule has 0 spiro atoms. The highest BCUT2D eigenvalue weighted by Crippen LogP contribution is 2.33. The molecule has 0 saturated heterocycles. The largest absolute Gasteiger partial charge is 0.493 e. The maximum Gasteiger partial charge on any atom is 0.340 e. The van der Waals surface area contributed by atoms with E-state index in [1.807, 2.05) is 24.3 Å². The highest BCUT2D eigenvalue weighted by molar-refractivity contribution is 9.10. The van der Waals surface area contributed by atoms with E-state index in [1.54, 1.807) is 0 Å². The molecule has 2 aromatic carbocycles. The van der Waals surface area contributed by atoms with Gasteiger partial charge in [-0.2, -0.15) is 0 Å². The van der Waals surface area contributed by atoms with Crippen molar-refractivity contribution in [3.05, 3.63) is 52.0 Å². The Kier molecular flexibility index (Phi) is 6.41. The third kappa shape index (κ3) is 4.73. The normalized spacial score (nSPS) is 10.1. The molecule has 0 aliphatic carbocycles. The van der Waals surface area contributed by atoms with Gasteiger partial charge < -0.3 is 19.5 Å². The van der Waals surface area contributed by atoms with Gasteiger partial charge in [0.2, 0.25) is 5.91 Å². The molecule has 2 rings (SSSR count). The maximum absolute atomic E-state index is 12.4. The van der Waals surface area contributed by atoms with E-state index in [0.29, 0.717) is 17.2 Å². The van der Waals surface area contributed by atoms with E-state index in [2.05, 4.69) is 21.2 Å². The molecule has 0 aliphatic heterocycles. The van der Waals surface area contributed by atoms with Crippen molar-refractivity contribution >= 4 is 33.5 Å². The zero-order valence-corrected chi connectivity index (χ0v) is 15.7.